The molecule has 2 aromatic rings. The highest BCUT2D eigenvalue weighted by Gasteiger charge is 2.78. The molecule has 1 saturated heterocycles. The Hall–Kier alpha value is -4.68. The number of nitrogens with one attached hydrogen (secondary N) is 1. The molecule has 0 spiro atoms. The highest BCUT2D eigenvalue weighted by Crippen LogP contribution is 2.64. The molecule has 3 aliphatic carbocycles. The molecule has 11 atom stereocenters. The molecular formula is C50H69NO15Si. The number of unbranched alkanes of at least 4 members (excludes halogenated alkanes) is 2. The molecule has 6 rings (SSSR count). The van der Waals surface area contributed by atoms with E-state index in [1.165, 1.54) is 32.2 Å². The lowest BCUT2D eigenvalue weighted by Crippen LogP contribution is -2.82. The van der Waals surface area contributed by atoms with Gasteiger partial charge < -0.3 is 48.1 Å². The van der Waals surface area contributed by atoms with Crippen LogP contribution in [0.25, 0.3) is 0 Å². The van der Waals surface area contributed by atoms with Gasteiger partial charge in [-0.25, -0.2) is 9.59 Å². The number of carbonyl (C=O) groups is 6. The van der Waals surface area contributed by atoms with Crippen LogP contribution in [0.5, 0.6) is 0 Å². The standard InChI is InChI=1S/C50H69NO15Si/c1-13-14-16-23-36(55)51-38(32-22-19-24-60-32)40(66-67(11,12)46(5,6)7)45(58)63-33-26-50(59)43(64-44(57)31-20-17-15-18-21-31)41-48(10,34(54)25-35-49(41,27-61-35)65-30(4)53)42(56)39(62-29(3)52)37(28(33)2)47(50,8)9/h15,17-22,24,33-35,38-41,43,54,59H,13-14,16,23,25-27H2,1-12H3,(H,51,55)/t33-,34-,35+,38-,39+,40+,41-,43-,48+,49-,50+/m0/s1. The average molecular weight is 952 g/mol. The molecule has 2 bridgehead atoms. The van der Waals surface area contributed by atoms with Gasteiger partial charge >= 0.3 is 23.9 Å². The Labute approximate surface area is 393 Å². The Morgan fingerprint density at radius 1 is 0.955 bits per heavy atom. The number of hydrogen-bond donors (Lipinski definition) is 3. The molecule has 1 aromatic carbocycles. The summed E-state index contributed by atoms with van der Waals surface area (Å²) in [6, 6.07) is 10.0. The Balaban J connectivity index is 1.58. The molecule has 2 saturated carbocycles. The van der Waals surface area contributed by atoms with Crippen LogP contribution in [0.2, 0.25) is 18.1 Å². The number of furan rings is 1. The minimum atomic E-state index is -2.90. The maximum Gasteiger partial charge on any atom is 0.338 e. The largest absolute Gasteiger partial charge is 0.467 e. The minimum Gasteiger partial charge on any atom is -0.467 e. The van der Waals surface area contributed by atoms with Gasteiger partial charge in [0.1, 0.15) is 35.7 Å². The van der Waals surface area contributed by atoms with Crippen LogP contribution in [0.1, 0.15) is 130 Å². The lowest BCUT2D eigenvalue weighted by Gasteiger charge is -2.67. The van der Waals surface area contributed by atoms with E-state index in [1.807, 2.05) is 40.8 Å². The van der Waals surface area contributed by atoms with Crippen molar-refractivity contribution in [3.8, 4) is 0 Å². The Kier molecular flexibility index (Phi) is 14.7. The predicted molar refractivity (Wildman–Crippen MR) is 244 cm³/mol. The molecule has 1 aromatic heterocycles. The molecule has 3 N–H and O–H groups in total. The number of hydrogen-bond acceptors (Lipinski definition) is 15. The second-order valence-corrected chi connectivity index (χ2v) is 25.8. The molecule has 368 valence electrons. The average Bonchev–Trinajstić information content (AvgIpc) is 3.78. The van der Waals surface area contributed by atoms with E-state index in [2.05, 4.69) is 5.32 Å². The topological polar surface area (TPSA) is 223 Å². The number of amides is 1. The van der Waals surface area contributed by atoms with E-state index in [4.69, 9.17) is 32.5 Å². The van der Waals surface area contributed by atoms with E-state index < -0.39 is 120 Å². The van der Waals surface area contributed by atoms with Crippen molar-refractivity contribution < 1.29 is 71.5 Å². The predicted octanol–water partition coefficient (Wildman–Crippen LogP) is 6.62. The summed E-state index contributed by atoms with van der Waals surface area (Å²) in [4.78, 5) is 85.3. The molecule has 4 aliphatic rings. The van der Waals surface area contributed by atoms with E-state index in [0.717, 1.165) is 19.8 Å². The van der Waals surface area contributed by atoms with E-state index >= 15 is 9.59 Å². The fraction of sp³-hybridized carbons (Fsp3) is 0.640. The van der Waals surface area contributed by atoms with E-state index in [9.17, 15) is 29.4 Å². The van der Waals surface area contributed by atoms with E-state index in [-0.39, 0.29) is 47.8 Å². The van der Waals surface area contributed by atoms with Crippen molar-refractivity contribution in [2.75, 3.05) is 6.61 Å². The number of fused-ring (bicyclic) bond motifs is 5. The van der Waals surface area contributed by atoms with Gasteiger partial charge in [-0.3, -0.25) is 19.2 Å². The van der Waals surface area contributed by atoms with Gasteiger partial charge in [0.05, 0.1) is 35.9 Å². The normalized spacial score (nSPS) is 31.0. The van der Waals surface area contributed by atoms with Crippen molar-refractivity contribution in [3.63, 3.8) is 0 Å². The van der Waals surface area contributed by atoms with E-state index in [0.29, 0.717) is 6.42 Å². The van der Waals surface area contributed by atoms with Gasteiger partial charge in [0, 0.05) is 38.5 Å². The van der Waals surface area contributed by atoms with Crippen molar-refractivity contribution in [2.45, 2.75) is 180 Å². The van der Waals surface area contributed by atoms with Crippen molar-refractivity contribution >= 4 is 43.9 Å². The fourth-order valence-corrected chi connectivity index (χ4v) is 11.7. The molecule has 1 amide bonds. The number of ether oxygens (including phenoxy) is 5. The summed E-state index contributed by atoms with van der Waals surface area (Å²) >= 11 is 0. The third kappa shape index (κ3) is 9.30. The first kappa shape index (κ1) is 51.7. The van der Waals surface area contributed by atoms with Crippen LogP contribution in [-0.4, -0.2) is 109 Å². The lowest BCUT2D eigenvalue weighted by molar-refractivity contribution is -0.346. The summed E-state index contributed by atoms with van der Waals surface area (Å²) in [5.74, 6) is -5.96. The highest BCUT2D eigenvalue weighted by molar-refractivity contribution is 6.74. The van der Waals surface area contributed by atoms with Crippen LogP contribution in [-0.2, 0) is 52.1 Å². The first-order chi connectivity index (χ1) is 31.2. The van der Waals surface area contributed by atoms with Crippen LogP contribution in [0.3, 0.4) is 0 Å². The van der Waals surface area contributed by atoms with Crippen LogP contribution < -0.4 is 5.32 Å². The first-order valence-electron chi connectivity index (χ1n) is 23.3. The van der Waals surface area contributed by atoms with Gasteiger partial charge in [0.25, 0.3) is 0 Å². The van der Waals surface area contributed by atoms with Crippen LogP contribution in [0.4, 0.5) is 0 Å². The zero-order valence-corrected chi connectivity index (χ0v) is 41.9. The molecule has 3 fully saturated rings. The third-order valence-corrected chi connectivity index (χ3v) is 19.8. The number of aliphatic hydroxyl groups excluding tert-OH is 1. The van der Waals surface area contributed by atoms with Crippen molar-refractivity contribution in [3.05, 3.63) is 71.2 Å². The van der Waals surface area contributed by atoms with Gasteiger partial charge in [0.2, 0.25) is 5.91 Å². The molecule has 0 unspecified atom stereocenters. The highest BCUT2D eigenvalue weighted by atomic mass is 28.4. The van der Waals surface area contributed by atoms with Crippen molar-refractivity contribution in [2.24, 2.45) is 16.7 Å². The monoisotopic (exact) mass is 951 g/mol. The van der Waals surface area contributed by atoms with Gasteiger partial charge in [-0.15, -0.1) is 0 Å². The second kappa shape index (κ2) is 19.0. The summed E-state index contributed by atoms with van der Waals surface area (Å²) in [5, 5.41) is 28.7. The number of esters is 4. The maximum atomic E-state index is 15.7. The van der Waals surface area contributed by atoms with Gasteiger partial charge in [0.15, 0.2) is 31.9 Å². The van der Waals surface area contributed by atoms with Gasteiger partial charge in [-0.2, -0.15) is 0 Å². The zero-order chi connectivity index (χ0) is 49.7. The number of benzene rings is 1. The smallest absolute Gasteiger partial charge is 0.338 e. The fourth-order valence-electron chi connectivity index (χ4n) is 10.5. The SMILES string of the molecule is CCCCCC(=O)N[C@@H](c1ccco1)[C@@H](O[Si](C)(C)C(C)(C)C)C(=O)O[C@H]1C[C@@]2(O)[C@@H](OC(=O)c3ccccc3)[C@@H]3[C@]4(OC(C)=O)CO[C@@H]4C[C@H](O)[C@@]3(C)C(=O)[C@H](OC(C)=O)C(=C1C)C2(C)C. The number of aliphatic hydroxyl groups is 2. The van der Waals surface area contributed by atoms with E-state index in [1.54, 1.807) is 51.1 Å². The molecule has 16 nitrogen and oxygen atoms in total. The number of ketones is 1. The van der Waals surface area contributed by atoms with Crippen molar-refractivity contribution in [1.29, 1.82) is 0 Å². The number of Topliss-reactive ketones (excluding diaryl/α,β-unsaturated/α-hetero) is 1. The van der Waals surface area contributed by atoms with Crippen molar-refractivity contribution in [1.82, 2.24) is 5.32 Å². The molecule has 67 heavy (non-hydrogen) atoms. The summed E-state index contributed by atoms with van der Waals surface area (Å²) in [6.07, 6.45) is -5.88. The van der Waals surface area contributed by atoms with Crippen LogP contribution >= 0.6 is 0 Å². The summed E-state index contributed by atoms with van der Waals surface area (Å²) < 4.78 is 43.8. The summed E-state index contributed by atoms with van der Waals surface area (Å²) in [5.41, 5.74) is -7.42. The molecule has 1 aliphatic heterocycles. The second-order valence-electron chi connectivity index (χ2n) is 21.0. The molecule has 2 heterocycles. The Bertz CT molecular complexity index is 2230. The third-order valence-electron chi connectivity index (χ3n) is 15.4. The molecular weight excluding hydrogens is 883 g/mol. The Morgan fingerprint density at radius 3 is 2.18 bits per heavy atom. The number of rotatable bonds is 15. The molecule has 17 heteroatoms. The maximum absolute atomic E-state index is 15.7. The quantitative estimate of drug-likeness (QED) is 0.0561. The lowest BCUT2D eigenvalue weighted by atomic mass is 9.44. The molecule has 0 radical (unpaired) electrons. The Morgan fingerprint density at radius 2 is 1.63 bits per heavy atom. The summed E-state index contributed by atoms with van der Waals surface area (Å²) in [6.45, 7) is 20.1. The van der Waals surface area contributed by atoms with Crippen LogP contribution in [0.15, 0.2) is 64.3 Å². The minimum absolute atomic E-state index is 0.0501. The number of carbonyl (C=O) groups excluding carboxylic acids is 6. The first-order valence-corrected chi connectivity index (χ1v) is 26.2. The summed E-state index contributed by atoms with van der Waals surface area (Å²) in [7, 11) is -2.90. The van der Waals surface area contributed by atoms with Crippen LogP contribution in [0, 0.1) is 16.7 Å². The van der Waals surface area contributed by atoms with Gasteiger partial charge in [-0.05, 0) is 73.8 Å². The zero-order valence-electron chi connectivity index (χ0n) is 40.9. The van der Waals surface area contributed by atoms with Gasteiger partial charge in [-0.1, -0.05) is 72.6 Å².